The molecular formula is C20H23N3OS. The predicted octanol–water partition coefficient (Wildman–Crippen LogP) is 3.59. The third-order valence-corrected chi connectivity index (χ3v) is 4.84. The number of aliphatic hydroxyl groups is 1. The second-order valence-electron chi connectivity index (χ2n) is 5.84. The fraction of sp³-hybridized carbons (Fsp3) is 0.250. The lowest BCUT2D eigenvalue weighted by Gasteiger charge is -2.22. The summed E-state index contributed by atoms with van der Waals surface area (Å²) in [4.78, 5) is 7.95. The van der Waals surface area contributed by atoms with Gasteiger partial charge in [0.1, 0.15) is 5.82 Å². The summed E-state index contributed by atoms with van der Waals surface area (Å²) in [6.45, 7) is 2.35. The molecule has 2 heterocycles. The molecule has 0 bridgehead atoms. The van der Waals surface area contributed by atoms with Crippen LogP contribution in [-0.4, -0.2) is 39.0 Å². The van der Waals surface area contributed by atoms with Crippen LogP contribution < -0.4 is 0 Å². The van der Waals surface area contributed by atoms with Gasteiger partial charge >= 0.3 is 0 Å². The zero-order valence-electron chi connectivity index (χ0n) is 14.4. The third kappa shape index (κ3) is 4.72. The summed E-state index contributed by atoms with van der Waals surface area (Å²) in [5.41, 5.74) is 2.41. The molecule has 1 N–H and O–H groups in total. The molecule has 0 aliphatic carbocycles. The minimum Gasteiger partial charge on any atom is -0.395 e. The van der Waals surface area contributed by atoms with E-state index in [0.717, 1.165) is 24.6 Å². The molecule has 1 aromatic carbocycles. The van der Waals surface area contributed by atoms with Gasteiger partial charge in [-0.25, -0.2) is 4.98 Å². The van der Waals surface area contributed by atoms with Gasteiger partial charge in [-0.1, -0.05) is 18.2 Å². The molecule has 130 valence electrons. The van der Waals surface area contributed by atoms with Gasteiger partial charge in [-0.15, -0.1) is 11.8 Å². The van der Waals surface area contributed by atoms with Crippen LogP contribution in [0.4, 0.5) is 0 Å². The summed E-state index contributed by atoms with van der Waals surface area (Å²) in [5, 5.41) is 9.45. The van der Waals surface area contributed by atoms with E-state index in [1.54, 1.807) is 18.0 Å². The van der Waals surface area contributed by atoms with E-state index in [4.69, 9.17) is 0 Å². The zero-order valence-corrected chi connectivity index (χ0v) is 15.2. The number of hydrogen-bond donors (Lipinski definition) is 1. The molecule has 0 aliphatic heterocycles. The number of pyridine rings is 1. The van der Waals surface area contributed by atoms with Gasteiger partial charge in [0.2, 0.25) is 0 Å². The molecule has 4 nitrogen and oxygen atoms in total. The first-order valence-corrected chi connectivity index (χ1v) is 9.56. The van der Waals surface area contributed by atoms with Gasteiger partial charge in [-0.3, -0.25) is 4.90 Å². The van der Waals surface area contributed by atoms with E-state index < -0.39 is 0 Å². The van der Waals surface area contributed by atoms with Crippen molar-refractivity contribution >= 4 is 11.8 Å². The Morgan fingerprint density at radius 3 is 2.56 bits per heavy atom. The first-order valence-electron chi connectivity index (χ1n) is 8.34. The average molecular weight is 353 g/mol. The second kappa shape index (κ2) is 8.85. The van der Waals surface area contributed by atoms with Crippen molar-refractivity contribution in [1.82, 2.24) is 14.5 Å². The molecule has 0 unspecified atom stereocenters. The standard InChI is InChI=1S/C20H23N3OS/c1-25-19-9-7-17(8-10-19)15-22(13-14-24)16-18-5-4-12-23(18)20-6-2-3-11-21-20/h2-12,24H,13-16H2,1H3. The van der Waals surface area contributed by atoms with Crippen molar-refractivity contribution in [2.75, 3.05) is 19.4 Å². The highest BCUT2D eigenvalue weighted by Gasteiger charge is 2.11. The van der Waals surface area contributed by atoms with Crippen LogP contribution in [0.3, 0.4) is 0 Å². The molecule has 0 aliphatic rings. The Bertz CT molecular complexity index is 771. The quantitative estimate of drug-likeness (QED) is 0.629. The Morgan fingerprint density at radius 2 is 1.88 bits per heavy atom. The molecule has 3 rings (SSSR count). The lowest BCUT2D eigenvalue weighted by Crippen LogP contribution is -2.27. The topological polar surface area (TPSA) is 41.3 Å². The maximum Gasteiger partial charge on any atom is 0.136 e. The molecule has 0 amide bonds. The third-order valence-electron chi connectivity index (χ3n) is 4.10. The SMILES string of the molecule is CSc1ccc(CN(CCO)Cc2cccn2-c2ccccn2)cc1. The van der Waals surface area contributed by atoms with Crippen molar-refractivity contribution in [2.24, 2.45) is 0 Å². The fourth-order valence-corrected chi connectivity index (χ4v) is 3.25. The fourth-order valence-electron chi connectivity index (χ4n) is 2.84. The highest BCUT2D eigenvalue weighted by molar-refractivity contribution is 7.98. The highest BCUT2D eigenvalue weighted by Crippen LogP contribution is 2.18. The first-order chi connectivity index (χ1) is 12.3. The Morgan fingerprint density at radius 1 is 1.04 bits per heavy atom. The molecule has 0 radical (unpaired) electrons. The van der Waals surface area contributed by atoms with Gasteiger partial charge < -0.3 is 9.67 Å². The van der Waals surface area contributed by atoms with Crippen molar-refractivity contribution in [3.05, 3.63) is 78.2 Å². The Balaban J connectivity index is 1.75. The first kappa shape index (κ1) is 17.7. The van der Waals surface area contributed by atoms with Crippen LogP contribution in [0.1, 0.15) is 11.3 Å². The Kier molecular flexibility index (Phi) is 6.28. The highest BCUT2D eigenvalue weighted by atomic mass is 32.2. The summed E-state index contributed by atoms with van der Waals surface area (Å²) in [5.74, 6) is 0.913. The van der Waals surface area contributed by atoms with Crippen LogP contribution >= 0.6 is 11.8 Å². The average Bonchev–Trinajstić information content (AvgIpc) is 3.11. The van der Waals surface area contributed by atoms with Gasteiger partial charge in [0.25, 0.3) is 0 Å². The van der Waals surface area contributed by atoms with Crippen LogP contribution in [0, 0.1) is 0 Å². The molecule has 25 heavy (non-hydrogen) atoms. The molecule has 2 aromatic heterocycles. The second-order valence-corrected chi connectivity index (χ2v) is 6.72. The lowest BCUT2D eigenvalue weighted by atomic mass is 10.2. The number of rotatable bonds is 8. The Hall–Kier alpha value is -2.08. The monoisotopic (exact) mass is 353 g/mol. The van der Waals surface area contributed by atoms with Crippen molar-refractivity contribution in [1.29, 1.82) is 0 Å². The van der Waals surface area contributed by atoms with Crippen molar-refractivity contribution < 1.29 is 5.11 Å². The van der Waals surface area contributed by atoms with E-state index in [1.807, 2.05) is 30.5 Å². The number of benzene rings is 1. The maximum atomic E-state index is 9.45. The number of hydrogen-bond acceptors (Lipinski definition) is 4. The van der Waals surface area contributed by atoms with E-state index >= 15 is 0 Å². The predicted molar refractivity (Wildman–Crippen MR) is 103 cm³/mol. The van der Waals surface area contributed by atoms with Crippen molar-refractivity contribution in [3.63, 3.8) is 0 Å². The molecule has 0 fully saturated rings. The van der Waals surface area contributed by atoms with E-state index in [0.29, 0.717) is 6.54 Å². The van der Waals surface area contributed by atoms with Gasteiger partial charge in [-0.2, -0.15) is 0 Å². The van der Waals surface area contributed by atoms with Gasteiger partial charge in [0, 0.05) is 42.6 Å². The van der Waals surface area contributed by atoms with E-state index in [2.05, 4.69) is 51.0 Å². The summed E-state index contributed by atoms with van der Waals surface area (Å²) in [6.07, 6.45) is 5.92. The van der Waals surface area contributed by atoms with Crippen LogP contribution in [0.5, 0.6) is 0 Å². The summed E-state index contributed by atoms with van der Waals surface area (Å²) >= 11 is 1.75. The summed E-state index contributed by atoms with van der Waals surface area (Å²) in [6, 6.07) is 18.7. The number of nitrogens with zero attached hydrogens (tertiary/aromatic N) is 3. The van der Waals surface area contributed by atoms with Gasteiger partial charge in [0.15, 0.2) is 0 Å². The van der Waals surface area contributed by atoms with E-state index in [-0.39, 0.29) is 6.61 Å². The van der Waals surface area contributed by atoms with Crippen LogP contribution in [-0.2, 0) is 13.1 Å². The van der Waals surface area contributed by atoms with E-state index in [9.17, 15) is 5.11 Å². The summed E-state index contributed by atoms with van der Waals surface area (Å²) < 4.78 is 2.10. The van der Waals surface area contributed by atoms with Crippen molar-refractivity contribution in [3.8, 4) is 5.82 Å². The van der Waals surface area contributed by atoms with Gasteiger partial charge in [0.05, 0.1) is 6.61 Å². The molecule has 5 heteroatoms. The zero-order chi connectivity index (χ0) is 17.5. The minimum absolute atomic E-state index is 0.146. The van der Waals surface area contributed by atoms with E-state index in [1.165, 1.54) is 10.5 Å². The van der Waals surface area contributed by atoms with Crippen molar-refractivity contribution in [2.45, 2.75) is 18.0 Å². The molecule has 0 spiro atoms. The van der Waals surface area contributed by atoms with Gasteiger partial charge in [-0.05, 0) is 48.2 Å². The molecule has 0 saturated heterocycles. The normalized spacial score (nSPS) is 11.2. The summed E-state index contributed by atoms with van der Waals surface area (Å²) in [7, 11) is 0. The molecule has 3 aromatic rings. The van der Waals surface area contributed by atoms with Crippen LogP contribution in [0.15, 0.2) is 71.9 Å². The largest absolute Gasteiger partial charge is 0.395 e. The number of thioether (sulfide) groups is 1. The Labute approximate surface area is 153 Å². The molecule has 0 atom stereocenters. The van der Waals surface area contributed by atoms with Crippen LogP contribution in [0.25, 0.3) is 5.82 Å². The lowest BCUT2D eigenvalue weighted by molar-refractivity contribution is 0.182. The minimum atomic E-state index is 0.146. The molecular weight excluding hydrogens is 330 g/mol. The smallest absolute Gasteiger partial charge is 0.136 e. The number of aliphatic hydroxyl groups excluding tert-OH is 1. The van der Waals surface area contributed by atoms with Crippen LogP contribution in [0.2, 0.25) is 0 Å². The number of aromatic nitrogens is 2. The maximum absolute atomic E-state index is 9.45. The molecule has 0 saturated carbocycles.